The van der Waals surface area contributed by atoms with Crippen LogP contribution in [0.15, 0.2) is 0 Å². The Morgan fingerprint density at radius 3 is 2.33 bits per heavy atom. The van der Waals surface area contributed by atoms with E-state index in [2.05, 4.69) is 6.92 Å². The van der Waals surface area contributed by atoms with E-state index in [1.54, 1.807) is 18.9 Å². The lowest BCUT2D eigenvalue weighted by Gasteiger charge is -2.10. The van der Waals surface area contributed by atoms with Crippen molar-refractivity contribution in [3.05, 3.63) is 0 Å². The SMILES string of the molecule is CCCCB(F)N(C)C. The van der Waals surface area contributed by atoms with Crippen molar-refractivity contribution in [2.24, 2.45) is 0 Å². The summed E-state index contributed by atoms with van der Waals surface area (Å²) < 4.78 is 12.6. The monoisotopic (exact) mass is 131 g/mol. The highest BCUT2D eigenvalue weighted by atomic mass is 19.1. The van der Waals surface area contributed by atoms with Gasteiger partial charge in [-0.2, -0.15) is 0 Å². The maximum absolute atomic E-state index is 12.6. The van der Waals surface area contributed by atoms with Crippen molar-refractivity contribution in [2.75, 3.05) is 14.1 Å². The third-order valence-electron chi connectivity index (χ3n) is 1.36. The molecule has 0 rings (SSSR count). The number of hydrogen-bond acceptors (Lipinski definition) is 1. The molecule has 0 atom stereocenters. The number of halogens is 1. The lowest BCUT2D eigenvalue weighted by molar-refractivity contribution is 0.554. The lowest BCUT2D eigenvalue weighted by Crippen LogP contribution is -2.27. The minimum Gasteiger partial charge on any atom is -0.319 e. The first-order valence-electron chi connectivity index (χ1n) is 3.49. The summed E-state index contributed by atoms with van der Waals surface area (Å²) in [5.41, 5.74) is 0. The Bertz CT molecular complexity index is 68.1. The van der Waals surface area contributed by atoms with E-state index in [0.717, 1.165) is 12.8 Å². The molecule has 0 aromatic carbocycles. The number of hydrogen-bond donors (Lipinski definition) is 0. The lowest BCUT2D eigenvalue weighted by atomic mass is 9.79. The van der Waals surface area contributed by atoms with Gasteiger partial charge in [-0.3, -0.25) is 0 Å². The fourth-order valence-corrected chi connectivity index (χ4v) is 0.631. The molecule has 54 valence electrons. The van der Waals surface area contributed by atoms with E-state index in [-0.39, 0.29) is 0 Å². The van der Waals surface area contributed by atoms with Crippen LogP contribution in [0.1, 0.15) is 19.8 Å². The summed E-state index contributed by atoms with van der Waals surface area (Å²) in [4.78, 5) is 1.61. The van der Waals surface area contributed by atoms with Gasteiger partial charge >= 0.3 is 7.12 Å². The van der Waals surface area contributed by atoms with Crippen LogP contribution in [0, 0.1) is 0 Å². The quantitative estimate of drug-likeness (QED) is 0.526. The van der Waals surface area contributed by atoms with Crippen LogP contribution in [-0.4, -0.2) is 26.0 Å². The number of unbranched alkanes of at least 4 members (excludes halogenated alkanes) is 1. The molecule has 0 fully saturated rings. The van der Waals surface area contributed by atoms with Gasteiger partial charge < -0.3 is 9.13 Å². The van der Waals surface area contributed by atoms with Crippen LogP contribution in [0.3, 0.4) is 0 Å². The van der Waals surface area contributed by atoms with Gasteiger partial charge in [-0.15, -0.1) is 0 Å². The molecule has 0 aromatic rings. The van der Waals surface area contributed by atoms with Crippen LogP contribution >= 0.6 is 0 Å². The van der Waals surface area contributed by atoms with Crippen molar-refractivity contribution in [1.29, 1.82) is 0 Å². The maximum atomic E-state index is 12.6. The van der Waals surface area contributed by atoms with Gasteiger partial charge in [0.2, 0.25) is 0 Å². The van der Waals surface area contributed by atoms with Crippen molar-refractivity contribution in [3.63, 3.8) is 0 Å². The van der Waals surface area contributed by atoms with Crippen LogP contribution in [0.5, 0.6) is 0 Å². The summed E-state index contributed by atoms with van der Waals surface area (Å²) in [6.07, 6.45) is 2.73. The summed E-state index contributed by atoms with van der Waals surface area (Å²) in [7, 11) is 2.78. The summed E-state index contributed by atoms with van der Waals surface area (Å²) in [5.74, 6) is 0. The minimum absolute atomic E-state index is 0.670. The van der Waals surface area contributed by atoms with Crippen molar-refractivity contribution < 1.29 is 4.32 Å². The van der Waals surface area contributed by atoms with Crippen LogP contribution in [0.25, 0.3) is 0 Å². The van der Waals surface area contributed by atoms with Gasteiger partial charge in [0.25, 0.3) is 0 Å². The van der Waals surface area contributed by atoms with Gasteiger partial charge in [0, 0.05) is 0 Å². The molecule has 0 N–H and O–H groups in total. The largest absolute Gasteiger partial charge is 0.430 e. The Kier molecular flexibility index (Phi) is 4.77. The second-order valence-electron chi connectivity index (χ2n) is 2.54. The molecule has 0 aliphatic heterocycles. The van der Waals surface area contributed by atoms with Gasteiger partial charge in [-0.25, -0.2) is 0 Å². The Labute approximate surface area is 57.4 Å². The molecule has 0 spiro atoms. The maximum Gasteiger partial charge on any atom is 0.430 e. The number of nitrogens with zero attached hydrogens (tertiary/aromatic N) is 1. The van der Waals surface area contributed by atoms with E-state index < -0.39 is 7.12 Å². The highest BCUT2D eigenvalue weighted by Crippen LogP contribution is 2.03. The van der Waals surface area contributed by atoms with Crippen LogP contribution < -0.4 is 0 Å². The summed E-state index contributed by atoms with van der Waals surface area (Å²) in [6, 6.07) is 0. The predicted molar refractivity (Wildman–Crippen MR) is 40.3 cm³/mol. The zero-order valence-electron chi connectivity index (χ0n) is 6.52. The van der Waals surface area contributed by atoms with Crippen molar-refractivity contribution >= 4 is 7.12 Å². The van der Waals surface area contributed by atoms with E-state index in [1.807, 2.05) is 0 Å². The third-order valence-corrected chi connectivity index (χ3v) is 1.36. The molecule has 0 aliphatic rings. The van der Waals surface area contributed by atoms with E-state index >= 15 is 0 Å². The van der Waals surface area contributed by atoms with Crippen LogP contribution in [0.4, 0.5) is 4.32 Å². The molecular formula is C6H15BFN. The van der Waals surface area contributed by atoms with Crippen LogP contribution in [-0.2, 0) is 0 Å². The summed E-state index contributed by atoms with van der Waals surface area (Å²) >= 11 is 0. The second kappa shape index (κ2) is 4.80. The van der Waals surface area contributed by atoms with Gasteiger partial charge in [0.1, 0.15) is 0 Å². The Morgan fingerprint density at radius 1 is 1.44 bits per heavy atom. The van der Waals surface area contributed by atoms with Gasteiger partial charge in [-0.1, -0.05) is 19.8 Å². The zero-order chi connectivity index (χ0) is 7.28. The molecular weight excluding hydrogens is 116 g/mol. The zero-order valence-corrected chi connectivity index (χ0v) is 6.52. The molecule has 9 heavy (non-hydrogen) atoms. The predicted octanol–water partition coefficient (Wildman–Crippen LogP) is 1.81. The van der Waals surface area contributed by atoms with Gasteiger partial charge in [0.15, 0.2) is 0 Å². The van der Waals surface area contributed by atoms with Gasteiger partial charge in [0.05, 0.1) is 0 Å². The Hall–Kier alpha value is -0.0451. The second-order valence-corrected chi connectivity index (χ2v) is 2.54. The summed E-state index contributed by atoms with van der Waals surface area (Å²) in [6.45, 7) is 2.07. The van der Waals surface area contributed by atoms with E-state index in [9.17, 15) is 4.32 Å². The first-order valence-corrected chi connectivity index (χ1v) is 3.49. The molecule has 0 aromatic heterocycles. The molecule has 0 bridgehead atoms. The summed E-state index contributed by atoms with van der Waals surface area (Å²) in [5, 5.41) is 0. The molecule has 0 saturated heterocycles. The van der Waals surface area contributed by atoms with E-state index in [1.165, 1.54) is 0 Å². The highest BCUT2D eigenvalue weighted by Gasteiger charge is 2.14. The van der Waals surface area contributed by atoms with Crippen molar-refractivity contribution in [1.82, 2.24) is 4.81 Å². The van der Waals surface area contributed by atoms with Crippen molar-refractivity contribution in [2.45, 2.75) is 26.1 Å². The third kappa shape index (κ3) is 4.46. The molecule has 0 heterocycles. The normalized spacial score (nSPS) is 10.3. The standard InChI is InChI=1S/C6H15BFN/c1-4-5-6-7(8)9(2)3/h4-6H2,1-3H3. The Balaban J connectivity index is 3.16. The first kappa shape index (κ1) is 8.95. The highest BCUT2D eigenvalue weighted by molar-refractivity contribution is 6.47. The molecule has 0 aliphatic carbocycles. The smallest absolute Gasteiger partial charge is 0.319 e. The fourth-order valence-electron chi connectivity index (χ4n) is 0.631. The topological polar surface area (TPSA) is 3.24 Å². The first-order chi connectivity index (χ1) is 4.18. The van der Waals surface area contributed by atoms with E-state index in [4.69, 9.17) is 0 Å². The fraction of sp³-hybridized carbons (Fsp3) is 1.00. The Morgan fingerprint density at radius 2 is 2.00 bits per heavy atom. The number of rotatable bonds is 4. The molecule has 0 amide bonds. The molecule has 1 nitrogen and oxygen atoms in total. The average Bonchev–Trinajstić information content (AvgIpc) is 1.82. The molecule has 3 heteroatoms. The van der Waals surface area contributed by atoms with Crippen LogP contribution in [0.2, 0.25) is 6.32 Å². The van der Waals surface area contributed by atoms with Gasteiger partial charge in [-0.05, 0) is 20.4 Å². The molecule has 0 unspecified atom stereocenters. The molecule has 0 saturated carbocycles. The average molecular weight is 131 g/mol. The minimum atomic E-state index is -0.745. The van der Waals surface area contributed by atoms with Crippen molar-refractivity contribution in [3.8, 4) is 0 Å². The molecule has 0 radical (unpaired) electrons. The van der Waals surface area contributed by atoms with E-state index in [0.29, 0.717) is 6.32 Å².